The van der Waals surface area contributed by atoms with Crippen molar-refractivity contribution in [2.45, 2.75) is 19.9 Å². The molecule has 0 atom stereocenters. The number of rotatable bonds is 5. The average molecular weight is 241 g/mol. The smallest absolute Gasteiger partial charge is 0.251 e. The van der Waals surface area contributed by atoms with Gasteiger partial charge in [-0.25, -0.2) is 0 Å². The maximum absolute atomic E-state index is 11.6. The molecule has 0 aliphatic rings. The Kier molecular flexibility index (Phi) is 5.29. The molecule has 0 radical (unpaired) electrons. The molecule has 1 rings (SSSR count). The van der Waals surface area contributed by atoms with Crippen LogP contribution in [0.2, 0.25) is 5.02 Å². The lowest BCUT2D eigenvalue weighted by Crippen LogP contribution is -2.34. The highest BCUT2D eigenvalue weighted by molar-refractivity contribution is 6.30. The van der Waals surface area contributed by atoms with Crippen molar-refractivity contribution in [1.82, 2.24) is 10.6 Å². The zero-order valence-corrected chi connectivity index (χ0v) is 10.3. The Hall–Kier alpha value is -1.06. The van der Waals surface area contributed by atoms with E-state index in [0.717, 1.165) is 6.54 Å². The molecule has 0 unspecified atom stereocenters. The predicted molar refractivity (Wildman–Crippen MR) is 66.9 cm³/mol. The van der Waals surface area contributed by atoms with Crippen LogP contribution in [0.1, 0.15) is 24.2 Å². The number of halogens is 1. The van der Waals surface area contributed by atoms with Crippen LogP contribution in [0.15, 0.2) is 24.3 Å². The first-order valence-corrected chi connectivity index (χ1v) is 5.74. The Balaban J connectivity index is 2.35. The zero-order chi connectivity index (χ0) is 12.0. The molecule has 16 heavy (non-hydrogen) atoms. The number of carbonyl (C=O) groups is 1. The largest absolute Gasteiger partial charge is 0.351 e. The molecular formula is C12H17ClN2O. The SMILES string of the molecule is CC(C)NCCNC(=O)c1cccc(Cl)c1. The second kappa shape index (κ2) is 6.51. The number of hydrogen-bond donors (Lipinski definition) is 2. The van der Waals surface area contributed by atoms with Gasteiger partial charge in [-0.2, -0.15) is 0 Å². The molecule has 3 nitrogen and oxygen atoms in total. The molecule has 88 valence electrons. The molecule has 0 aliphatic heterocycles. The van der Waals surface area contributed by atoms with E-state index in [9.17, 15) is 4.79 Å². The maximum Gasteiger partial charge on any atom is 0.251 e. The number of hydrogen-bond acceptors (Lipinski definition) is 2. The lowest BCUT2D eigenvalue weighted by molar-refractivity contribution is 0.0953. The summed E-state index contributed by atoms with van der Waals surface area (Å²) in [5, 5.41) is 6.62. The molecule has 0 aromatic heterocycles. The monoisotopic (exact) mass is 240 g/mol. The molecule has 0 fully saturated rings. The summed E-state index contributed by atoms with van der Waals surface area (Å²) in [4.78, 5) is 11.6. The summed E-state index contributed by atoms with van der Waals surface area (Å²) < 4.78 is 0. The van der Waals surface area contributed by atoms with Crippen molar-refractivity contribution in [2.24, 2.45) is 0 Å². The summed E-state index contributed by atoms with van der Waals surface area (Å²) in [5.41, 5.74) is 0.594. The molecule has 1 aromatic rings. The van der Waals surface area contributed by atoms with Gasteiger partial charge in [-0.15, -0.1) is 0 Å². The van der Waals surface area contributed by atoms with E-state index in [-0.39, 0.29) is 5.91 Å². The molecule has 2 N–H and O–H groups in total. The third-order valence-electron chi connectivity index (χ3n) is 2.05. The standard InChI is InChI=1S/C12H17ClN2O/c1-9(2)14-6-7-15-12(16)10-4-3-5-11(13)8-10/h3-5,8-9,14H,6-7H2,1-2H3,(H,15,16). The lowest BCUT2D eigenvalue weighted by Gasteiger charge is -2.09. The van der Waals surface area contributed by atoms with E-state index >= 15 is 0 Å². The zero-order valence-electron chi connectivity index (χ0n) is 9.59. The van der Waals surface area contributed by atoms with E-state index < -0.39 is 0 Å². The highest BCUT2D eigenvalue weighted by Crippen LogP contribution is 2.10. The second-order valence-corrected chi connectivity index (χ2v) is 4.31. The third kappa shape index (κ3) is 4.64. The van der Waals surface area contributed by atoms with Gasteiger partial charge < -0.3 is 10.6 Å². The van der Waals surface area contributed by atoms with Gasteiger partial charge >= 0.3 is 0 Å². The Labute approximate surface area is 101 Å². The van der Waals surface area contributed by atoms with Crippen molar-refractivity contribution >= 4 is 17.5 Å². The predicted octanol–water partition coefficient (Wildman–Crippen LogP) is 2.07. The van der Waals surface area contributed by atoms with Crippen LogP contribution >= 0.6 is 11.6 Å². The molecule has 0 spiro atoms. The Morgan fingerprint density at radius 3 is 2.75 bits per heavy atom. The lowest BCUT2D eigenvalue weighted by atomic mass is 10.2. The van der Waals surface area contributed by atoms with E-state index in [1.807, 2.05) is 0 Å². The Bertz CT molecular complexity index is 353. The van der Waals surface area contributed by atoms with Crippen LogP contribution in [0.5, 0.6) is 0 Å². The van der Waals surface area contributed by atoms with Gasteiger partial charge in [-0.1, -0.05) is 31.5 Å². The third-order valence-corrected chi connectivity index (χ3v) is 2.29. The summed E-state index contributed by atoms with van der Waals surface area (Å²) in [6.45, 7) is 5.52. The minimum Gasteiger partial charge on any atom is -0.351 e. The van der Waals surface area contributed by atoms with Crippen LogP contribution in [0.3, 0.4) is 0 Å². The van der Waals surface area contributed by atoms with Crippen LogP contribution in [0.25, 0.3) is 0 Å². The van der Waals surface area contributed by atoms with Crippen molar-refractivity contribution in [3.05, 3.63) is 34.9 Å². The summed E-state index contributed by atoms with van der Waals surface area (Å²) in [5.74, 6) is -0.0898. The normalized spacial score (nSPS) is 10.5. The molecule has 0 saturated carbocycles. The summed E-state index contributed by atoms with van der Waals surface area (Å²) in [6.07, 6.45) is 0. The van der Waals surface area contributed by atoms with E-state index in [2.05, 4.69) is 24.5 Å². The topological polar surface area (TPSA) is 41.1 Å². The van der Waals surface area contributed by atoms with E-state index in [1.54, 1.807) is 24.3 Å². The fraction of sp³-hybridized carbons (Fsp3) is 0.417. The van der Waals surface area contributed by atoms with Crippen molar-refractivity contribution in [3.63, 3.8) is 0 Å². The number of nitrogens with one attached hydrogen (secondary N) is 2. The Morgan fingerprint density at radius 1 is 1.38 bits per heavy atom. The molecule has 1 amide bonds. The fourth-order valence-electron chi connectivity index (χ4n) is 1.27. The van der Waals surface area contributed by atoms with Crippen LogP contribution in [0.4, 0.5) is 0 Å². The first-order chi connectivity index (χ1) is 7.59. The van der Waals surface area contributed by atoms with Crippen LogP contribution < -0.4 is 10.6 Å². The quantitative estimate of drug-likeness (QED) is 0.774. The molecule has 0 saturated heterocycles. The molecular weight excluding hydrogens is 224 g/mol. The molecule has 0 heterocycles. The molecule has 0 aliphatic carbocycles. The van der Waals surface area contributed by atoms with Gasteiger partial charge in [0.05, 0.1) is 0 Å². The van der Waals surface area contributed by atoms with Crippen molar-refractivity contribution < 1.29 is 4.79 Å². The van der Waals surface area contributed by atoms with E-state index in [4.69, 9.17) is 11.6 Å². The van der Waals surface area contributed by atoms with Gasteiger partial charge in [-0.3, -0.25) is 4.79 Å². The van der Waals surface area contributed by atoms with Crippen molar-refractivity contribution in [1.29, 1.82) is 0 Å². The maximum atomic E-state index is 11.6. The van der Waals surface area contributed by atoms with Gasteiger partial charge in [-0.05, 0) is 18.2 Å². The molecule has 4 heteroatoms. The highest BCUT2D eigenvalue weighted by Gasteiger charge is 2.04. The van der Waals surface area contributed by atoms with Crippen LogP contribution in [0, 0.1) is 0 Å². The van der Waals surface area contributed by atoms with Gasteiger partial charge in [0.25, 0.3) is 5.91 Å². The summed E-state index contributed by atoms with van der Waals surface area (Å²) in [7, 11) is 0. The second-order valence-electron chi connectivity index (χ2n) is 3.88. The van der Waals surface area contributed by atoms with Crippen molar-refractivity contribution in [3.8, 4) is 0 Å². The van der Waals surface area contributed by atoms with Gasteiger partial charge in [0.2, 0.25) is 0 Å². The number of amides is 1. The van der Waals surface area contributed by atoms with Gasteiger partial charge in [0.1, 0.15) is 0 Å². The van der Waals surface area contributed by atoms with Crippen molar-refractivity contribution in [2.75, 3.05) is 13.1 Å². The summed E-state index contributed by atoms with van der Waals surface area (Å²) in [6, 6.07) is 7.36. The fourth-order valence-corrected chi connectivity index (χ4v) is 1.46. The molecule has 1 aromatic carbocycles. The first-order valence-electron chi connectivity index (χ1n) is 5.36. The number of carbonyl (C=O) groups excluding carboxylic acids is 1. The minimum absolute atomic E-state index is 0.0898. The molecule has 0 bridgehead atoms. The van der Waals surface area contributed by atoms with Crippen LogP contribution in [-0.4, -0.2) is 25.0 Å². The average Bonchev–Trinajstić information content (AvgIpc) is 2.24. The van der Waals surface area contributed by atoms with Gasteiger partial charge in [0, 0.05) is 29.7 Å². The minimum atomic E-state index is -0.0898. The Morgan fingerprint density at radius 2 is 2.12 bits per heavy atom. The van der Waals surface area contributed by atoms with Gasteiger partial charge in [0.15, 0.2) is 0 Å². The number of benzene rings is 1. The summed E-state index contributed by atoms with van der Waals surface area (Å²) >= 11 is 5.80. The van der Waals surface area contributed by atoms with Crippen LogP contribution in [-0.2, 0) is 0 Å². The first kappa shape index (κ1) is 13.0. The highest BCUT2D eigenvalue weighted by atomic mass is 35.5. The van der Waals surface area contributed by atoms with E-state index in [1.165, 1.54) is 0 Å². The van der Waals surface area contributed by atoms with E-state index in [0.29, 0.717) is 23.2 Å².